The molecule has 0 radical (unpaired) electrons. The van der Waals surface area contributed by atoms with E-state index in [9.17, 15) is 14.7 Å². The fourth-order valence-corrected chi connectivity index (χ4v) is 6.93. The van der Waals surface area contributed by atoms with Crippen LogP contribution in [0.15, 0.2) is 77.7 Å². The number of carbonyl (C=O) groups excluding carboxylic acids is 2. The molecule has 3 aromatic rings. The van der Waals surface area contributed by atoms with Gasteiger partial charge in [0, 0.05) is 21.6 Å². The third-order valence-electron chi connectivity index (χ3n) is 6.47. The van der Waals surface area contributed by atoms with Crippen molar-refractivity contribution in [1.82, 2.24) is 10.2 Å². The number of rotatable bonds is 9. The average molecular weight is 615 g/mol. The number of likely N-dealkylation sites (tertiary alicyclic amines) is 1. The second-order valence-electron chi connectivity index (χ2n) is 9.16. The van der Waals surface area contributed by atoms with Gasteiger partial charge in [0.05, 0.1) is 19.1 Å². The van der Waals surface area contributed by atoms with Crippen LogP contribution in [0, 0.1) is 10.5 Å². The van der Waals surface area contributed by atoms with Gasteiger partial charge in [-0.15, -0.1) is 11.8 Å². The Kier molecular flexibility index (Phi) is 8.74. The van der Waals surface area contributed by atoms with E-state index in [1.165, 1.54) is 11.8 Å². The molecule has 188 valence electrons. The third kappa shape index (κ3) is 5.63. The molecule has 0 unspecified atom stereocenters. The molecule has 0 saturated carbocycles. The lowest BCUT2D eigenvalue weighted by Crippen LogP contribution is -2.48. The molecule has 0 aromatic heterocycles. The lowest BCUT2D eigenvalue weighted by molar-refractivity contribution is -0.129. The van der Waals surface area contributed by atoms with E-state index in [1.54, 1.807) is 0 Å². The molecule has 2 atom stereocenters. The summed E-state index contributed by atoms with van der Waals surface area (Å²) in [5.41, 5.74) is 3.88. The Labute approximate surface area is 230 Å². The van der Waals surface area contributed by atoms with Gasteiger partial charge >= 0.3 is 0 Å². The smallest absolute Gasteiger partial charge is 0.239 e. The first-order valence-electron chi connectivity index (χ1n) is 12.1. The number of nitrogens with zero attached hydrogens (tertiary/aromatic N) is 1. The average Bonchev–Trinajstić information content (AvgIpc) is 3.15. The Morgan fingerprint density at radius 3 is 2.47 bits per heavy atom. The van der Waals surface area contributed by atoms with Crippen LogP contribution in [0.3, 0.4) is 0 Å². The Hall–Kier alpha value is -2.36. The lowest BCUT2D eigenvalue weighted by Gasteiger charge is -2.37. The van der Waals surface area contributed by atoms with Crippen molar-refractivity contribution in [2.24, 2.45) is 0 Å². The van der Waals surface area contributed by atoms with Crippen molar-refractivity contribution in [3.05, 3.63) is 98.6 Å². The maximum absolute atomic E-state index is 14.0. The van der Waals surface area contributed by atoms with Crippen LogP contribution in [0.25, 0.3) is 0 Å². The highest BCUT2D eigenvalue weighted by Gasteiger charge is 2.58. The van der Waals surface area contributed by atoms with Crippen molar-refractivity contribution in [2.45, 2.75) is 55.5 Å². The molecule has 36 heavy (non-hydrogen) atoms. The first-order chi connectivity index (χ1) is 17.4. The summed E-state index contributed by atoms with van der Waals surface area (Å²) in [6, 6.07) is 23.3. The van der Waals surface area contributed by atoms with E-state index >= 15 is 0 Å². The summed E-state index contributed by atoms with van der Waals surface area (Å²) in [7, 11) is 0. The SMILES string of the molecule is CCCNC(=O)[C@@]1(Sc2ccc(C)cc2)CC(=O)N(Cc2ccccc2)[C@@H]1c1ccc(CO)cc1I. The van der Waals surface area contributed by atoms with Crippen LogP contribution in [-0.2, 0) is 22.7 Å². The molecule has 0 spiro atoms. The van der Waals surface area contributed by atoms with Crippen molar-refractivity contribution in [3.63, 3.8) is 0 Å². The number of amides is 2. The summed E-state index contributed by atoms with van der Waals surface area (Å²) in [6.45, 7) is 4.96. The number of thioether (sulfide) groups is 1. The number of aliphatic hydroxyl groups is 1. The second kappa shape index (κ2) is 11.8. The number of nitrogens with one attached hydrogen (secondary N) is 1. The summed E-state index contributed by atoms with van der Waals surface area (Å²) in [6.07, 6.45) is 0.919. The van der Waals surface area contributed by atoms with Crippen LogP contribution in [-0.4, -0.2) is 33.1 Å². The quantitative estimate of drug-likeness (QED) is 0.307. The first-order valence-corrected chi connectivity index (χ1v) is 14.0. The van der Waals surface area contributed by atoms with Gasteiger partial charge < -0.3 is 15.3 Å². The minimum absolute atomic E-state index is 0.0443. The van der Waals surface area contributed by atoms with Gasteiger partial charge in [-0.1, -0.05) is 67.1 Å². The van der Waals surface area contributed by atoms with Crippen LogP contribution in [0.4, 0.5) is 0 Å². The maximum atomic E-state index is 14.0. The number of aliphatic hydroxyl groups excluding tert-OH is 1. The van der Waals surface area contributed by atoms with E-state index in [0.717, 1.165) is 37.1 Å². The lowest BCUT2D eigenvalue weighted by atomic mass is 9.90. The first kappa shape index (κ1) is 26.7. The minimum Gasteiger partial charge on any atom is -0.392 e. The van der Waals surface area contributed by atoms with Crippen molar-refractivity contribution in [1.29, 1.82) is 0 Å². The highest BCUT2D eigenvalue weighted by atomic mass is 127. The zero-order valence-corrected chi connectivity index (χ0v) is 23.5. The standard InChI is InChI=1S/C29H31IN2O3S/c1-3-15-31-28(35)29(36-23-12-9-20(2)10-13-23)17-26(34)32(18-21-7-5-4-6-8-21)27(29)24-14-11-22(19-33)16-25(24)30/h4-14,16,27,33H,3,15,17-19H2,1-2H3,(H,31,35)/t27-,29-/m1/s1. The Morgan fingerprint density at radius 2 is 1.83 bits per heavy atom. The third-order valence-corrected chi connectivity index (χ3v) is 8.83. The van der Waals surface area contributed by atoms with Gasteiger partial charge in [-0.25, -0.2) is 0 Å². The Bertz CT molecular complexity index is 1220. The molecule has 7 heteroatoms. The molecule has 2 amide bonds. The van der Waals surface area contributed by atoms with Gasteiger partial charge in [0.2, 0.25) is 11.8 Å². The molecule has 1 aliphatic heterocycles. The minimum atomic E-state index is -1.04. The van der Waals surface area contributed by atoms with Crippen molar-refractivity contribution >= 4 is 46.2 Å². The summed E-state index contributed by atoms with van der Waals surface area (Å²) in [4.78, 5) is 30.5. The Morgan fingerprint density at radius 1 is 1.11 bits per heavy atom. The van der Waals surface area contributed by atoms with E-state index in [1.807, 2.05) is 91.5 Å². The van der Waals surface area contributed by atoms with Gasteiger partial charge in [-0.2, -0.15) is 0 Å². The summed E-state index contributed by atoms with van der Waals surface area (Å²) in [5.74, 6) is -0.164. The predicted octanol–water partition coefficient (Wildman–Crippen LogP) is 5.62. The summed E-state index contributed by atoms with van der Waals surface area (Å²) in [5, 5.41) is 12.8. The molecule has 0 aliphatic carbocycles. The van der Waals surface area contributed by atoms with E-state index in [0.29, 0.717) is 13.1 Å². The van der Waals surface area contributed by atoms with Gasteiger partial charge in [0.25, 0.3) is 0 Å². The van der Waals surface area contributed by atoms with Crippen molar-refractivity contribution < 1.29 is 14.7 Å². The van der Waals surface area contributed by atoms with Gasteiger partial charge in [0.15, 0.2) is 0 Å². The van der Waals surface area contributed by atoms with Gasteiger partial charge in [0.1, 0.15) is 4.75 Å². The molecular weight excluding hydrogens is 583 g/mol. The number of hydrogen-bond acceptors (Lipinski definition) is 4. The van der Waals surface area contributed by atoms with E-state index in [2.05, 4.69) is 27.9 Å². The monoisotopic (exact) mass is 614 g/mol. The van der Waals surface area contributed by atoms with Crippen LogP contribution < -0.4 is 5.32 Å². The van der Waals surface area contributed by atoms with Gasteiger partial charge in [-0.05, 0) is 70.8 Å². The molecular formula is C29H31IN2O3S. The largest absolute Gasteiger partial charge is 0.392 e. The second-order valence-corrected chi connectivity index (χ2v) is 11.7. The van der Waals surface area contributed by atoms with Crippen molar-refractivity contribution in [3.8, 4) is 0 Å². The summed E-state index contributed by atoms with van der Waals surface area (Å²) < 4.78 is -0.120. The van der Waals surface area contributed by atoms with Crippen LogP contribution in [0.2, 0.25) is 0 Å². The zero-order valence-electron chi connectivity index (χ0n) is 20.5. The van der Waals surface area contributed by atoms with E-state index in [-0.39, 0.29) is 24.8 Å². The number of hydrogen-bond donors (Lipinski definition) is 2. The van der Waals surface area contributed by atoms with Crippen LogP contribution >= 0.6 is 34.4 Å². The Balaban J connectivity index is 1.87. The molecule has 1 saturated heterocycles. The normalized spacial score (nSPS) is 19.5. The molecule has 2 N–H and O–H groups in total. The number of carbonyl (C=O) groups is 2. The zero-order chi connectivity index (χ0) is 25.7. The summed E-state index contributed by atoms with van der Waals surface area (Å²) >= 11 is 3.74. The predicted molar refractivity (Wildman–Crippen MR) is 152 cm³/mol. The molecule has 5 nitrogen and oxygen atoms in total. The van der Waals surface area contributed by atoms with Crippen LogP contribution in [0.1, 0.15) is 48.1 Å². The number of halogens is 1. The molecule has 1 fully saturated rings. The molecule has 0 bridgehead atoms. The van der Waals surface area contributed by atoms with Gasteiger partial charge in [-0.3, -0.25) is 9.59 Å². The maximum Gasteiger partial charge on any atom is 0.239 e. The van der Waals surface area contributed by atoms with Crippen molar-refractivity contribution in [2.75, 3.05) is 6.54 Å². The topological polar surface area (TPSA) is 69.6 Å². The molecule has 3 aromatic carbocycles. The fraction of sp³-hybridized carbons (Fsp3) is 0.310. The van der Waals surface area contributed by atoms with Crippen LogP contribution in [0.5, 0.6) is 0 Å². The van der Waals surface area contributed by atoms with E-state index in [4.69, 9.17) is 0 Å². The van der Waals surface area contributed by atoms with E-state index < -0.39 is 10.8 Å². The molecule has 1 heterocycles. The number of aryl methyl sites for hydroxylation is 1. The highest BCUT2D eigenvalue weighted by Crippen LogP contribution is 2.54. The molecule has 4 rings (SSSR count). The highest BCUT2D eigenvalue weighted by molar-refractivity contribution is 14.1. The number of benzene rings is 3. The molecule has 1 aliphatic rings. The fourth-order valence-electron chi connectivity index (χ4n) is 4.64.